The van der Waals surface area contributed by atoms with Crippen molar-refractivity contribution in [3.8, 4) is 17.5 Å². The van der Waals surface area contributed by atoms with Gasteiger partial charge in [0, 0.05) is 37.2 Å². The quantitative estimate of drug-likeness (QED) is 0.636. The molecule has 1 aromatic carbocycles. The van der Waals surface area contributed by atoms with Crippen molar-refractivity contribution in [2.45, 2.75) is 26.1 Å². The molecule has 2 aromatic heterocycles. The molecule has 146 valence electrons. The normalized spacial score (nSPS) is 18.8. The Kier molecular flexibility index (Phi) is 5.41. The molecule has 3 heterocycles. The van der Waals surface area contributed by atoms with Crippen LogP contribution in [-0.4, -0.2) is 50.9 Å². The Hall–Kier alpha value is -3.43. The molecule has 1 aliphatic heterocycles. The molecule has 0 N–H and O–H groups in total. The Balaban J connectivity index is 1.70. The molecule has 1 aliphatic rings. The first-order chi connectivity index (χ1) is 14.1. The van der Waals surface area contributed by atoms with E-state index >= 15 is 0 Å². The van der Waals surface area contributed by atoms with Crippen molar-refractivity contribution >= 4 is 5.91 Å². The molecule has 0 saturated carbocycles. The summed E-state index contributed by atoms with van der Waals surface area (Å²) >= 11 is 0. The van der Waals surface area contributed by atoms with Crippen molar-refractivity contribution < 1.29 is 9.53 Å². The van der Waals surface area contributed by atoms with Gasteiger partial charge < -0.3 is 9.64 Å². The molecular weight excluding hydrogens is 364 g/mol. The van der Waals surface area contributed by atoms with E-state index in [1.54, 1.807) is 17.1 Å². The van der Waals surface area contributed by atoms with Gasteiger partial charge >= 0.3 is 0 Å². The number of pyridine rings is 1. The smallest absolute Gasteiger partial charge is 0.254 e. The van der Waals surface area contributed by atoms with Crippen LogP contribution >= 0.6 is 0 Å². The van der Waals surface area contributed by atoms with E-state index in [-0.39, 0.29) is 18.1 Å². The number of carbonyl (C=O) groups is 1. The third-order valence-corrected chi connectivity index (χ3v) is 4.69. The fraction of sp³-hybridized carbons (Fsp3) is 0.261. The number of rotatable bonds is 2. The number of hydrogen-bond acceptors (Lipinski definition) is 4. The first-order valence-electron chi connectivity index (χ1n) is 9.62. The third kappa shape index (κ3) is 4.36. The monoisotopic (exact) mass is 386 g/mol. The van der Waals surface area contributed by atoms with Gasteiger partial charge in [-0.2, -0.15) is 5.10 Å². The highest BCUT2D eigenvalue weighted by atomic mass is 16.5. The number of ether oxygens (including phenoxy) is 1. The largest absolute Gasteiger partial charge is 0.372 e. The van der Waals surface area contributed by atoms with E-state index in [0.717, 1.165) is 11.3 Å². The number of morpholine rings is 1. The van der Waals surface area contributed by atoms with Crippen LogP contribution in [0.3, 0.4) is 0 Å². The van der Waals surface area contributed by atoms with Crippen molar-refractivity contribution in [2.24, 2.45) is 0 Å². The van der Waals surface area contributed by atoms with Crippen molar-refractivity contribution in [1.29, 1.82) is 0 Å². The van der Waals surface area contributed by atoms with Crippen LogP contribution in [0, 0.1) is 11.8 Å². The zero-order valence-corrected chi connectivity index (χ0v) is 16.4. The summed E-state index contributed by atoms with van der Waals surface area (Å²) in [6.45, 7) is 5.14. The maximum Gasteiger partial charge on any atom is 0.254 e. The van der Waals surface area contributed by atoms with Crippen LogP contribution in [0.15, 0.2) is 61.1 Å². The third-order valence-electron chi connectivity index (χ3n) is 4.69. The van der Waals surface area contributed by atoms with Crippen molar-refractivity contribution in [1.82, 2.24) is 19.7 Å². The Bertz CT molecular complexity index is 1040. The van der Waals surface area contributed by atoms with Gasteiger partial charge in [0.05, 0.1) is 23.5 Å². The van der Waals surface area contributed by atoms with Crippen molar-refractivity contribution in [2.75, 3.05) is 13.1 Å². The molecule has 2 unspecified atom stereocenters. The Morgan fingerprint density at radius 1 is 1.07 bits per heavy atom. The van der Waals surface area contributed by atoms with Gasteiger partial charge in [0.25, 0.3) is 5.91 Å². The number of amides is 1. The van der Waals surface area contributed by atoms with Gasteiger partial charge in [0.1, 0.15) is 5.69 Å². The molecule has 6 nitrogen and oxygen atoms in total. The molecule has 6 heteroatoms. The standard InChI is InChI=1S/C23H22N4O2/c1-17-15-26(16-18(2)29-17)23(28)20-8-10-22(27-13-5-12-25-27)19(14-20)7-9-21-6-3-4-11-24-21/h3-6,8,10-14,17-18H,15-16H2,1-2H3. The van der Waals surface area contributed by atoms with Gasteiger partial charge in [-0.25, -0.2) is 9.67 Å². The van der Waals surface area contributed by atoms with E-state index in [2.05, 4.69) is 21.9 Å². The van der Waals surface area contributed by atoms with Gasteiger partial charge in [-0.15, -0.1) is 0 Å². The SMILES string of the molecule is CC1CN(C(=O)c2ccc(-n3cccn3)c(C#Cc3ccccn3)c2)CC(C)O1. The van der Waals surface area contributed by atoms with E-state index < -0.39 is 0 Å². The van der Waals surface area contributed by atoms with Crippen LogP contribution in [0.25, 0.3) is 5.69 Å². The lowest BCUT2D eigenvalue weighted by atomic mass is 10.1. The average Bonchev–Trinajstić information content (AvgIpc) is 3.26. The fourth-order valence-corrected chi connectivity index (χ4v) is 3.47. The Morgan fingerprint density at radius 2 is 1.90 bits per heavy atom. The van der Waals surface area contributed by atoms with Gasteiger partial charge in [-0.1, -0.05) is 12.0 Å². The van der Waals surface area contributed by atoms with Crippen LogP contribution < -0.4 is 0 Å². The number of benzene rings is 1. The number of aromatic nitrogens is 3. The Labute approximate surface area is 170 Å². The summed E-state index contributed by atoms with van der Waals surface area (Å²) < 4.78 is 7.49. The van der Waals surface area contributed by atoms with Gasteiger partial charge in [-0.3, -0.25) is 4.79 Å². The predicted molar refractivity (Wildman–Crippen MR) is 110 cm³/mol. The zero-order chi connectivity index (χ0) is 20.2. The predicted octanol–water partition coefficient (Wildman–Crippen LogP) is 2.92. The molecule has 0 radical (unpaired) electrons. The molecule has 3 aromatic rings. The summed E-state index contributed by atoms with van der Waals surface area (Å²) in [5, 5.41) is 4.31. The minimum atomic E-state index is -0.0140. The van der Waals surface area contributed by atoms with Crippen LogP contribution in [0.4, 0.5) is 0 Å². The number of nitrogens with zero attached hydrogens (tertiary/aromatic N) is 4. The fourth-order valence-electron chi connectivity index (χ4n) is 3.47. The lowest BCUT2D eigenvalue weighted by molar-refractivity contribution is -0.0586. The highest BCUT2D eigenvalue weighted by Gasteiger charge is 2.27. The summed E-state index contributed by atoms with van der Waals surface area (Å²) in [6, 6.07) is 13.0. The molecule has 29 heavy (non-hydrogen) atoms. The van der Waals surface area contributed by atoms with E-state index in [1.165, 1.54) is 0 Å². The highest BCUT2D eigenvalue weighted by molar-refractivity contribution is 5.95. The van der Waals surface area contributed by atoms with Crippen LogP contribution in [0.5, 0.6) is 0 Å². The second-order valence-corrected chi connectivity index (χ2v) is 7.11. The van der Waals surface area contributed by atoms with Crippen molar-refractivity contribution in [3.63, 3.8) is 0 Å². The number of hydrogen-bond donors (Lipinski definition) is 0. The molecule has 2 atom stereocenters. The molecule has 1 amide bonds. The summed E-state index contributed by atoms with van der Waals surface area (Å²) in [5.41, 5.74) is 2.82. The highest BCUT2D eigenvalue weighted by Crippen LogP contribution is 2.19. The molecule has 1 fully saturated rings. The minimum absolute atomic E-state index is 0.0140. The lowest BCUT2D eigenvalue weighted by Gasteiger charge is -2.35. The zero-order valence-electron chi connectivity index (χ0n) is 16.4. The van der Waals surface area contributed by atoms with Gasteiger partial charge in [0.2, 0.25) is 0 Å². The van der Waals surface area contributed by atoms with E-state index in [4.69, 9.17) is 4.74 Å². The maximum atomic E-state index is 13.1. The van der Waals surface area contributed by atoms with Gasteiger partial charge in [-0.05, 0) is 56.2 Å². The average molecular weight is 386 g/mol. The molecule has 0 bridgehead atoms. The van der Waals surface area contributed by atoms with E-state index in [0.29, 0.717) is 24.3 Å². The van der Waals surface area contributed by atoms with E-state index in [9.17, 15) is 4.79 Å². The lowest BCUT2D eigenvalue weighted by Crippen LogP contribution is -2.48. The molecule has 1 saturated heterocycles. The summed E-state index contributed by atoms with van der Waals surface area (Å²) in [6.07, 6.45) is 5.32. The molecular formula is C23H22N4O2. The van der Waals surface area contributed by atoms with Gasteiger partial charge in [0.15, 0.2) is 0 Å². The molecule has 0 aliphatic carbocycles. The first-order valence-corrected chi connectivity index (χ1v) is 9.62. The molecule has 0 spiro atoms. The summed E-state index contributed by atoms with van der Waals surface area (Å²) in [5.74, 6) is 6.23. The van der Waals surface area contributed by atoms with Crippen LogP contribution in [0.1, 0.15) is 35.5 Å². The van der Waals surface area contributed by atoms with Crippen LogP contribution in [-0.2, 0) is 4.74 Å². The minimum Gasteiger partial charge on any atom is -0.372 e. The topological polar surface area (TPSA) is 60.2 Å². The number of carbonyl (C=O) groups excluding carboxylic acids is 1. The Morgan fingerprint density at radius 3 is 2.59 bits per heavy atom. The summed E-state index contributed by atoms with van der Waals surface area (Å²) in [7, 11) is 0. The molecule has 4 rings (SSSR count). The maximum absolute atomic E-state index is 13.1. The second-order valence-electron chi connectivity index (χ2n) is 7.11. The van der Waals surface area contributed by atoms with Crippen LogP contribution in [0.2, 0.25) is 0 Å². The van der Waals surface area contributed by atoms with Crippen molar-refractivity contribution in [3.05, 3.63) is 77.9 Å². The second kappa shape index (κ2) is 8.29. The summed E-state index contributed by atoms with van der Waals surface area (Å²) in [4.78, 5) is 19.2. The first kappa shape index (κ1) is 18.9. The van der Waals surface area contributed by atoms with E-state index in [1.807, 2.05) is 67.4 Å².